The molecule has 0 aromatic heterocycles. The van der Waals surface area contributed by atoms with Gasteiger partial charge in [-0.05, 0) is 12.8 Å². The molecule has 0 N–H and O–H groups in total. The number of carbonyl (C=O) groups excluding carboxylic acids is 1. The molecular weight excluding hydrogens is 240 g/mol. The van der Waals surface area contributed by atoms with Crippen LogP contribution in [0.2, 0.25) is 0 Å². The molecule has 5 nitrogen and oxygen atoms in total. The standard InChI is InChI=1S/C8H14O5S2/c1-14(10,11)5-6-15(12,13)8-4-2-3-7(8)9/h8H,2-6H2,1H3. The SMILES string of the molecule is CS(=O)(=O)CCS(=O)(=O)C1CCCC1=O. The smallest absolute Gasteiger partial charge is 0.161 e. The van der Waals surface area contributed by atoms with Gasteiger partial charge in [0.1, 0.15) is 15.1 Å². The first-order valence-electron chi connectivity index (χ1n) is 4.64. The maximum Gasteiger partial charge on any atom is 0.161 e. The lowest BCUT2D eigenvalue weighted by molar-refractivity contribution is -0.117. The number of hydrogen-bond donors (Lipinski definition) is 0. The van der Waals surface area contributed by atoms with Gasteiger partial charge in [-0.25, -0.2) is 16.8 Å². The molecule has 1 aliphatic rings. The molecule has 15 heavy (non-hydrogen) atoms. The minimum absolute atomic E-state index is 0.275. The van der Waals surface area contributed by atoms with E-state index in [9.17, 15) is 21.6 Å². The molecule has 1 atom stereocenters. The lowest BCUT2D eigenvalue weighted by Crippen LogP contribution is -2.30. The molecule has 0 saturated heterocycles. The van der Waals surface area contributed by atoms with E-state index in [0.29, 0.717) is 19.3 Å². The average Bonchev–Trinajstić information content (AvgIpc) is 2.47. The number of Topliss-reactive ketones (excluding diaryl/α,β-unsaturated/α-hetero) is 1. The summed E-state index contributed by atoms with van der Waals surface area (Å²) in [6, 6.07) is 0. The second-order valence-electron chi connectivity index (χ2n) is 3.84. The van der Waals surface area contributed by atoms with E-state index in [1.165, 1.54) is 0 Å². The second-order valence-corrected chi connectivity index (χ2v) is 8.41. The second kappa shape index (κ2) is 4.21. The van der Waals surface area contributed by atoms with Crippen LogP contribution in [0.4, 0.5) is 0 Å². The Bertz CT molecular complexity index is 445. The predicted octanol–water partition coefficient (Wildman–Crippen LogP) is -0.433. The van der Waals surface area contributed by atoms with Gasteiger partial charge in [-0.3, -0.25) is 4.79 Å². The summed E-state index contributed by atoms with van der Waals surface area (Å²) in [5.41, 5.74) is 0. The van der Waals surface area contributed by atoms with Crippen molar-refractivity contribution in [3.05, 3.63) is 0 Å². The van der Waals surface area contributed by atoms with E-state index < -0.39 is 36.4 Å². The van der Waals surface area contributed by atoms with E-state index in [-0.39, 0.29) is 5.78 Å². The molecule has 0 aromatic carbocycles. The summed E-state index contributed by atoms with van der Waals surface area (Å²) in [7, 11) is -6.87. The zero-order chi connectivity index (χ0) is 11.7. The lowest BCUT2D eigenvalue weighted by atomic mass is 10.3. The first-order chi connectivity index (χ1) is 6.72. The molecule has 1 rings (SSSR count). The summed E-state index contributed by atoms with van der Waals surface area (Å²) in [6.45, 7) is 0. The normalized spacial score (nSPS) is 23.3. The van der Waals surface area contributed by atoms with Crippen LogP contribution in [0.15, 0.2) is 0 Å². The molecule has 0 amide bonds. The number of sulfone groups is 2. The van der Waals surface area contributed by atoms with Gasteiger partial charge < -0.3 is 0 Å². The predicted molar refractivity (Wildman–Crippen MR) is 56.1 cm³/mol. The van der Waals surface area contributed by atoms with Crippen molar-refractivity contribution in [2.45, 2.75) is 24.5 Å². The summed E-state index contributed by atoms with van der Waals surface area (Å²) >= 11 is 0. The first-order valence-corrected chi connectivity index (χ1v) is 8.42. The van der Waals surface area contributed by atoms with Crippen LogP contribution in [0.1, 0.15) is 19.3 Å². The van der Waals surface area contributed by atoms with Crippen molar-refractivity contribution in [2.24, 2.45) is 0 Å². The Labute approximate surface area is 89.7 Å². The zero-order valence-electron chi connectivity index (χ0n) is 8.47. The van der Waals surface area contributed by atoms with Crippen LogP contribution in [0.5, 0.6) is 0 Å². The highest BCUT2D eigenvalue weighted by Crippen LogP contribution is 2.22. The van der Waals surface area contributed by atoms with Crippen LogP contribution < -0.4 is 0 Å². The highest BCUT2D eigenvalue weighted by atomic mass is 32.2. The van der Waals surface area contributed by atoms with Gasteiger partial charge in [0.25, 0.3) is 0 Å². The largest absolute Gasteiger partial charge is 0.298 e. The maximum absolute atomic E-state index is 11.6. The highest BCUT2D eigenvalue weighted by molar-refractivity contribution is 7.95. The van der Waals surface area contributed by atoms with Crippen LogP contribution in [-0.2, 0) is 24.5 Å². The summed E-state index contributed by atoms with van der Waals surface area (Å²) in [5.74, 6) is -1.12. The molecule has 1 aliphatic carbocycles. The fourth-order valence-electron chi connectivity index (χ4n) is 1.57. The third-order valence-corrected chi connectivity index (χ3v) is 5.76. The number of carbonyl (C=O) groups is 1. The molecule has 0 bridgehead atoms. The van der Waals surface area contributed by atoms with Crippen molar-refractivity contribution < 1.29 is 21.6 Å². The van der Waals surface area contributed by atoms with Gasteiger partial charge in [0.15, 0.2) is 15.6 Å². The summed E-state index contributed by atoms with van der Waals surface area (Å²) < 4.78 is 44.9. The van der Waals surface area contributed by atoms with Gasteiger partial charge in [0.2, 0.25) is 0 Å². The molecule has 1 fully saturated rings. The first kappa shape index (κ1) is 12.6. The minimum atomic E-state index is -3.57. The van der Waals surface area contributed by atoms with Crippen LogP contribution in [0.3, 0.4) is 0 Å². The van der Waals surface area contributed by atoms with Crippen LogP contribution >= 0.6 is 0 Å². The Morgan fingerprint density at radius 2 is 1.80 bits per heavy atom. The van der Waals surface area contributed by atoms with Gasteiger partial charge in [0.05, 0.1) is 11.5 Å². The molecule has 0 aromatic rings. The molecule has 88 valence electrons. The zero-order valence-corrected chi connectivity index (χ0v) is 10.1. The van der Waals surface area contributed by atoms with Gasteiger partial charge in [-0.15, -0.1) is 0 Å². The van der Waals surface area contributed by atoms with Crippen LogP contribution in [-0.4, -0.2) is 45.6 Å². The van der Waals surface area contributed by atoms with Crippen molar-refractivity contribution in [1.29, 1.82) is 0 Å². The fourth-order valence-corrected chi connectivity index (χ4v) is 5.04. The summed E-state index contributed by atoms with van der Waals surface area (Å²) in [6.07, 6.45) is 2.20. The maximum atomic E-state index is 11.6. The Hall–Kier alpha value is -0.430. The molecule has 0 radical (unpaired) electrons. The fraction of sp³-hybridized carbons (Fsp3) is 0.875. The number of hydrogen-bond acceptors (Lipinski definition) is 5. The summed E-state index contributed by atoms with van der Waals surface area (Å²) in [5, 5.41) is -0.959. The van der Waals surface area contributed by atoms with Gasteiger partial charge in [-0.2, -0.15) is 0 Å². The minimum Gasteiger partial charge on any atom is -0.298 e. The van der Waals surface area contributed by atoms with Crippen molar-refractivity contribution >= 4 is 25.5 Å². The number of ketones is 1. The third kappa shape index (κ3) is 3.57. The van der Waals surface area contributed by atoms with Crippen LogP contribution in [0, 0.1) is 0 Å². The molecule has 1 saturated carbocycles. The van der Waals surface area contributed by atoms with E-state index in [0.717, 1.165) is 6.26 Å². The topological polar surface area (TPSA) is 85.3 Å². The quantitative estimate of drug-likeness (QED) is 0.679. The van der Waals surface area contributed by atoms with Crippen LogP contribution in [0.25, 0.3) is 0 Å². The van der Waals surface area contributed by atoms with Crippen molar-refractivity contribution in [2.75, 3.05) is 17.8 Å². The number of rotatable bonds is 4. The Morgan fingerprint density at radius 3 is 2.20 bits per heavy atom. The van der Waals surface area contributed by atoms with Crippen molar-refractivity contribution in [1.82, 2.24) is 0 Å². The Balaban J connectivity index is 2.72. The Kier molecular flexibility index (Phi) is 3.55. The lowest BCUT2D eigenvalue weighted by Gasteiger charge is -2.08. The summed E-state index contributed by atoms with van der Waals surface area (Å²) in [4.78, 5) is 11.2. The van der Waals surface area contributed by atoms with Gasteiger partial charge in [-0.1, -0.05) is 0 Å². The van der Waals surface area contributed by atoms with E-state index >= 15 is 0 Å². The van der Waals surface area contributed by atoms with E-state index in [1.807, 2.05) is 0 Å². The van der Waals surface area contributed by atoms with Gasteiger partial charge >= 0.3 is 0 Å². The molecule has 0 spiro atoms. The van der Waals surface area contributed by atoms with Crippen molar-refractivity contribution in [3.8, 4) is 0 Å². The molecule has 0 heterocycles. The van der Waals surface area contributed by atoms with Crippen molar-refractivity contribution in [3.63, 3.8) is 0 Å². The third-order valence-electron chi connectivity index (χ3n) is 2.42. The monoisotopic (exact) mass is 254 g/mol. The Morgan fingerprint density at radius 1 is 1.20 bits per heavy atom. The highest BCUT2D eigenvalue weighted by Gasteiger charge is 2.35. The van der Waals surface area contributed by atoms with E-state index in [1.54, 1.807) is 0 Å². The molecule has 1 unspecified atom stereocenters. The average molecular weight is 254 g/mol. The van der Waals surface area contributed by atoms with Gasteiger partial charge in [0, 0.05) is 12.7 Å². The molecule has 7 heteroatoms. The van der Waals surface area contributed by atoms with E-state index in [4.69, 9.17) is 0 Å². The van der Waals surface area contributed by atoms with E-state index in [2.05, 4.69) is 0 Å². The molecular formula is C8H14O5S2. The molecule has 0 aliphatic heterocycles.